The predicted molar refractivity (Wildman–Crippen MR) is 120 cm³/mol. The summed E-state index contributed by atoms with van der Waals surface area (Å²) < 4.78 is 0. The van der Waals surface area contributed by atoms with Crippen LogP contribution >= 0.6 is 11.3 Å². The Balaban J connectivity index is 1.62. The van der Waals surface area contributed by atoms with Crippen LogP contribution in [0.2, 0.25) is 0 Å². The van der Waals surface area contributed by atoms with Gasteiger partial charge in [-0.1, -0.05) is 39.8 Å². The normalized spacial score (nSPS) is 16.1. The van der Waals surface area contributed by atoms with Crippen LogP contribution in [-0.4, -0.2) is 24.0 Å². The van der Waals surface area contributed by atoms with E-state index in [-0.39, 0.29) is 11.3 Å². The number of anilines is 2. The van der Waals surface area contributed by atoms with E-state index in [0.29, 0.717) is 12.3 Å². The van der Waals surface area contributed by atoms with Gasteiger partial charge in [-0.15, -0.1) is 11.3 Å². The summed E-state index contributed by atoms with van der Waals surface area (Å²) in [5, 5.41) is 6.30. The summed E-state index contributed by atoms with van der Waals surface area (Å²) in [6.45, 7) is 11.0. The number of rotatable bonds is 6. The second-order valence-corrected chi connectivity index (χ2v) is 10.1. The topological polar surface area (TPSA) is 45.2 Å². The van der Waals surface area contributed by atoms with Crippen LogP contribution < -0.4 is 10.2 Å². The van der Waals surface area contributed by atoms with Crippen molar-refractivity contribution in [2.45, 2.75) is 59.8 Å². The highest BCUT2D eigenvalue weighted by atomic mass is 32.1. The molecule has 0 radical (unpaired) electrons. The number of aromatic nitrogens is 1. The molecule has 1 aromatic carbocycles. The molecule has 1 saturated heterocycles. The van der Waals surface area contributed by atoms with Crippen molar-refractivity contribution in [1.29, 1.82) is 0 Å². The van der Waals surface area contributed by atoms with E-state index in [2.05, 4.69) is 49.4 Å². The molecule has 3 rings (SSSR count). The van der Waals surface area contributed by atoms with Crippen LogP contribution in [0.5, 0.6) is 0 Å². The zero-order valence-corrected chi connectivity index (χ0v) is 18.4. The molecule has 1 aliphatic heterocycles. The highest BCUT2D eigenvalue weighted by molar-refractivity contribution is 7.14. The molecule has 2 aromatic rings. The number of benzene rings is 1. The summed E-state index contributed by atoms with van der Waals surface area (Å²) in [4.78, 5) is 19.7. The van der Waals surface area contributed by atoms with Gasteiger partial charge in [-0.05, 0) is 49.1 Å². The summed E-state index contributed by atoms with van der Waals surface area (Å²) in [5.41, 5.74) is 3.14. The fraction of sp³-hybridized carbons (Fsp3) is 0.565. The van der Waals surface area contributed by atoms with E-state index >= 15 is 0 Å². The van der Waals surface area contributed by atoms with E-state index in [1.54, 1.807) is 11.3 Å². The molecule has 1 amide bonds. The Kier molecular flexibility index (Phi) is 6.76. The van der Waals surface area contributed by atoms with Crippen molar-refractivity contribution in [3.05, 3.63) is 29.6 Å². The highest BCUT2D eigenvalue weighted by Gasteiger charge is 2.18. The van der Waals surface area contributed by atoms with Crippen LogP contribution in [0.15, 0.2) is 29.6 Å². The number of nitrogens with one attached hydrogen (secondary N) is 1. The van der Waals surface area contributed by atoms with Gasteiger partial charge in [-0.25, -0.2) is 4.98 Å². The second-order valence-electron chi connectivity index (χ2n) is 9.27. The molecule has 1 unspecified atom stereocenters. The van der Waals surface area contributed by atoms with Gasteiger partial charge in [0, 0.05) is 36.1 Å². The third-order valence-corrected chi connectivity index (χ3v) is 5.96. The number of thiazole rings is 1. The van der Waals surface area contributed by atoms with Crippen LogP contribution in [0.3, 0.4) is 0 Å². The van der Waals surface area contributed by atoms with Gasteiger partial charge in [0.1, 0.15) is 0 Å². The van der Waals surface area contributed by atoms with Crippen LogP contribution in [0.25, 0.3) is 11.3 Å². The number of hydrogen-bond donors (Lipinski definition) is 1. The summed E-state index contributed by atoms with van der Waals surface area (Å²) in [7, 11) is 0. The number of nitrogens with zero attached hydrogens (tertiary/aromatic N) is 2. The van der Waals surface area contributed by atoms with E-state index in [1.165, 1.54) is 19.3 Å². The Morgan fingerprint density at radius 1 is 1.25 bits per heavy atom. The van der Waals surface area contributed by atoms with E-state index in [0.717, 1.165) is 41.6 Å². The minimum atomic E-state index is 0.0844. The molecule has 28 heavy (non-hydrogen) atoms. The van der Waals surface area contributed by atoms with Gasteiger partial charge in [-0.2, -0.15) is 0 Å². The van der Waals surface area contributed by atoms with Gasteiger partial charge in [0.15, 0.2) is 5.13 Å². The monoisotopic (exact) mass is 399 g/mol. The lowest BCUT2D eigenvalue weighted by Gasteiger charge is -2.25. The summed E-state index contributed by atoms with van der Waals surface area (Å²) >= 11 is 1.71. The molecule has 5 heteroatoms. The maximum absolute atomic E-state index is 12.4. The summed E-state index contributed by atoms with van der Waals surface area (Å²) in [6, 6.07) is 8.03. The average molecular weight is 400 g/mol. The number of hydrogen-bond acceptors (Lipinski definition) is 4. The molecule has 1 aromatic heterocycles. The van der Waals surface area contributed by atoms with Gasteiger partial charge in [0.2, 0.25) is 5.91 Å². The Morgan fingerprint density at radius 2 is 2.00 bits per heavy atom. The molecule has 1 N–H and O–H groups in total. The quantitative estimate of drug-likeness (QED) is 0.629. The Morgan fingerprint density at radius 3 is 2.71 bits per heavy atom. The third-order valence-electron chi connectivity index (χ3n) is 5.06. The molecular formula is C23H33N3OS. The molecule has 0 bridgehead atoms. The fourth-order valence-electron chi connectivity index (χ4n) is 4.03. The zero-order chi connectivity index (χ0) is 20.1. The minimum absolute atomic E-state index is 0.0844. The molecule has 4 nitrogen and oxygen atoms in total. The molecule has 152 valence electrons. The van der Waals surface area contributed by atoms with Crippen LogP contribution in [0, 0.1) is 11.3 Å². The SMILES string of the molecule is CC(CC(=O)Nc1cccc(-c2csc(N3CCCCC3)n2)c1)CC(C)(C)C. The number of carbonyl (C=O) groups is 1. The second kappa shape index (κ2) is 9.08. The molecule has 0 saturated carbocycles. The summed E-state index contributed by atoms with van der Waals surface area (Å²) in [6.07, 6.45) is 5.43. The van der Waals surface area contributed by atoms with E-state index < -0.39 is 0 Å². The maximum atomic E-state index is 12.4. The molecule has 2 heterocycles. The summed E-state index contributed by atoms with van der Waals surface area (Å²) in [5.74, 6) is 0.454. The lowest BCUT2D eigenvalue weighted by molar-refractivity contribution is -0.117. The van der Waals surface area contributed by atoms with Crippen LogP contribution in [0.1, 0.15) is 59.8 Å². The standard InChI is InChI=1S/C23H33N3OS/c1-17(15-23(2,3)4)13-21(27)24-19-10-8-9-18(14-19)20-16-28-22(25-20)26-11-6-5-7-12-26/h8-10,14,16-17H,5-7,11-13,15H2,1-4H3,(H,24,27). The van der Waals surface area contributed by atoms with E-state index in [4.69, 9.17) is 4.98 Å². The van der Waals surface area contributed by atoms with Crippen LogP contribution in [-0.2, 0) is 4.79 Å². The first kappa shape index (κ1) is 20.8. The van der Waals surface area contributed by atoms with Crippen molar-refractivity contribution in [3.63, 3.8) is 0 Å². The van der Waals surface area contributed by atoms with E-state index in [1.807, 2.05) is 18.2 Å². The molecule has 1 aliphatic rings. The largest absolute Gasteiger partial charge is 0.348 e. The Labute approximate surface area is 173 Å². The van der Waals surface area contributed by atoms with Crippen molar-refractivity contribution in [2.75, 3.05) is 23.3 Å². The van der Waals surface area contributed by atoms with Crippen molar-refractivity contribution in [1.82, 2.24) is 4.98 Å². The molecule has 0 aliphatic carbocycles. The molecular weight excluding hydrogens is 366 g/mol. The fourth-order valence-corrected chi connectivity index (χ4v) is 4.92. The minimum Gasteiger partial charge on any atom is -0.348 e. The Bertz CT molecular complexity index is 787. The average Bonchev–Trinajstić information content (AvgIpc) is 3.11. The van der Waals surface area contributed by atoms with Crippen molar-refractivity contribution in [3.8, 4) is 11.3 Å². The zero-order valence-electron chi connectivity index (χ0n) is 17.6. The first-order valence-electron chi connectivity index (χ1n) is 10.4. The Hall–Kier alpha value is -1.88. The van der Waals surface area contributed by atoms with Gasteiger partial charge in [0.25, 0.3) is 0 Å². The number of piperidine rings is 1. The van der Waals surface area contributed by atoms with E-state index in [9.17, 15) is 4.79 Å². The first-order chi connectivity index (χ1) is 13.3. The van der Waals surface area contributed by atoms with Gasteiger partial charge >= 0.3 is 0 Å². The van der Waals surface area contributed by atoms with Crippen molar-refractivity contribution in [2.24, 2.45) is 11.3 Å². The number of amides is 1. The van der Waals surface area contributed by atoms with Crippen LogP contribution in [0.4, 0.5) is 10.8 Å². The maximum Gasteiger partial charge on any atom is 0.224 e. The number of carbonyl (C=O) groups excluding carboxylic acids is 1. The van der Waals surface area contributed by atoms with Gasteiger partial charge in [-0.3, -0.25) is 4.79 Å². The lowest BCUT2D eigenvalue weighted by atomic mass is 9.84. The smallest absolute Gasteiger partial charge is 0.224 e. The third kappa shape index (κ3) is 6.06. The first-order valence-corrected chi connectivity index (χ1v) is 11.3. The van der Waals surface area contributed by atoms with Gasteiger partial charge in [0.05, 0.1) is 5.69 Å². The van der Waals surface area contributed by atoms with Gasteiger partial charge < -0.3 is 10.2 Å². The van der Waals surface area contributed by atoms with Crippen molar-refractivity contribution >= 4 is 28.1 Å². The highest BCUT2D eigenvalue weighted by Crippen LogP contribution is 2.31. The van der Waals surface area contributed by atoms with Crippen molar-refractivity contribution < 1.29 is 4.79 Å². The molecule has 1 atom stereocenters. The molecule has 0 spiro atoms. The lowest BCUT2D eigenvalue weighted by Crippen LogP contribution is -2.29. The molecule has 1 fully saturated rings. The predicted octanol–water partition coefficient (Wildman–Crippen LogP) is 6.20.